The van der Waals surface area contributed by atoms with Crippen LogP contribution in [0.2, 0.25) is 0 Å². The van der Waals surface area contributed by atoms with Crippen molar-refractivity contribution in [2.24, 2.45) is 0 Å². The van der Waals surface area contributed by atoms with Gasteiger partial charge in [0.15, 0.2) is 6.61 Å². The van der Waals surface area contributed by atoms with E-state index in [2.05, 4.69) is 6.07 Å². The van der Waals surface area contributed by atoms with Gasteiger partial charge in [-0.25, -0.2) is 0 Å². The lowest BCUT2D eigenvalue weighted by molar-refractivity contribution is -0.120. The molecule has 0 aliphatic rings. The molecular formula is C17H16N2O2. The number of para-hydroxylation sites is 2. The van der Waals surface area contributed by atoms with Gasteiger partial charge < -0.3 is 9.64 Å². The zero-order valence-electron chi connectivity index (χ0n) is 11.6. The predicted octanol–water partition coefficient (Wildman–Crippen LogP) is 3.01. The van der Waals surface area contributed by atoms with Crippen molar-refractivity contribution in [1.29, 1.82) is 5.26 Å². The second kappa shape index (κ2) is 7.71. The molecule has 0 unspecified atom stereocenters. The topological polar surface area (TPSA) is 53.3 Å². The van der Waals surface area contributed by atoms with Crippen molar-refractivity contribution in [2.45, 2.75) is 6.42 Å². The van der Waals surface area contributed by atoms with Crippen LogP contribution >= 0.6 is 0 Å². The third-order valence-electron chi connectivity index (χ3n) is 2.92. The number of benzene rings is 2. The van der Waals surface area contributed by atoms with E-state index in [1.54, 1.807) is 17.0 Å². The summed E-state index contributed by atoms with van der Waals surface area (Å²) in [7, 11) is 0. The minimum atomic E-state index is -0.166. The molecule has 2 aromatic carbocycles. The van der Waals surface area contributed by atoms with E-state index in [4.69, 9.17) is 10.00 Å². The third-order valence-corrected chi connectivity index (χ3v) is 2.92. The summed E-state index contributed by atoms with van der Waals surface area (Å²) in [6.07, 6.45) is 0.284. The van der Waals surface area contributed by atoms with Crippen molar-refractivity contribution in [2.75, 3.05) is 18.1 Å². The monoisotopic (exact) mass is 280 g/mol. The average molecular weight is 280 g/mol. The molecule has 2 aromatic rings. The highest BCUT2D eigenvalue weighted by molar-refractivity contribution is 5.94. The fourth-order valence-electron chi connectivity index (χ4n) is 1.91. The molecule has 0 N–H and O–H groups in total. The van der Waals surface area contributed by atoms with Crippen molar-refractivity contribution in [1.82, 2.24) is 0 Å². The Morgan fingerprint density at radius 1 is 1.05 bits per heavy atom. The average Bonchev–Trinajstić information content (AvgIpc) is 2.55. The molecule has 0 aliphatic heterocycles. The van der Waals surface area contributed by atoms with Crippen LogP contribution in [-0.2, 0) is 4.79 Å². The van der Waals surface area contributed by atoms with Crippen molar-refractivity contribution in [3.8, 4) is 11.8 Å². The molecule has 0 saturated carbocycles. The summed E-state index contributed by atoms with van der Waals surface area (Å²) in [4.78, 5) is 13.9. The summed E-state index contributed by atoms with van der Waals surface area (Å²) >= 11 is 0. The number of ether oxygens (including phenoxy) is 1. The molecule has 106 valence electrons. The van der Waals surface area contributed by atoms with Gasteiger partial charge in [0.05, 0.1) is 12.5 Å². The number of anilines is 1. The molecule has 4 nitrogen and oxygen atoms in total. The summed E-state index contributed by atoms with van der Waals surface area (Å²) < 4.78 is 5.48. The number of amides is 1. The quantitative estimate of drug-likeness (QED) is 0.817. The number of hydrogen-bond acceptors (Lipinski definition) is 3. The normalized spacial score (nSPS) is 9.67. The van der Waals surface area contributed by atoms with Crippen molar-refractivity contribution in [3.63, 3.8) is 0 Å². The molecule has 0 saturated heterocycles. The van der Waals surface area contributed by atoms with Gasteiger partial charge in [-0.05, 0) is 24.3 Å². The zero-order valence-corrected chi connectivity index (χ0v) is 11.6. The summed E-state index contributed by atoms with van der Waals surface area (Å²) in [5, 5.41) is 8.73. The maximum absolute atomic E-state index is 12.3. The predicted molar refractivity (Wildman–Crippen MR) is 81.0 cm³/mol. The molecule has 0 aromatic heterocycles. The van der Waals surface area contributed by atoms with Crippen LogP contribution in [-0.4, -0.2) is 19.1 Å². The Hall–Kier alpha value is -2.80. The van der Waals surface area contributed by atoms with Gasteiger partial charge in [0.25, 0.3) is 5.91 Å². The van der Waals surface area contributed by atoms with E-state index in [0.29, 0.717) is 12.3 Å². The Bertz CT molecular complexity index is 606. The number of hydrogen-bond donors (Lipinski definition) is 0. The highest BCUT2D eigenvalue weighted by atomic mass is 16.5. The lowest BCUT2D eigenvalue weighted by Gasteiger charge is -2.21. The minimum Gasteiger partial charge on any atom is -0.484 e. The smallest absolute Gasteiger partial charge is 0.264 e. The Labute approximate surface area is 124 Å². The molecule has 0 bridgehead atoms. The first-order valence-electron chi connectivity index (χ1n) is 6.71. The molecule has 21 heavy (non-hydrogen) atoms. The van der Waals surface area contributed by atoms with Crippen LogP contribution in [0.4, 0.5) is 5.69 Å². The summed E-state index contributed by atoms with van der Waals surface area (Å²) in [5.74, 6) is 0.486. The first-order chi connectivity index (χ1) is 10.3. The minimum absolute atomic E-state index is 0.0513. The molecular weight excluding hydrogens is 264 g/mol. The van der Waals surface area contributed by atoms with Crippen LogP contribution in [0, 0.1) is 11.3 Å². The van der Waals surface area contributed by atoms with Gasteiger partial charge in [-0.1, -0.05) is 36.4 Å². The van der Waals surface area contributed by atoms with E-state index in [-0.39, 0.29) is 18.9 Å². The Morgan fingerprint density at radius 3 is 2.29 bits per heavy atom. The molecule has 0 radical (unpaired) electrons. The van der Waals surface area contributed by atoms with E-state index in [1.807, 2.05) is 48.5 Å². The van der Waals surface area contributed by atoms with E-state index < -0.39 is 0 Å². The van der Waals surface area contributed by atoms with Crippen LogP contribution < -0.4 is 9.64 Å². The van der Waals surface area contributed by atoms with Crippen LogP contribution in [0.3, 0.4) is 0 Å². The Morgan fingerprint density at radius 2 is 1.67 bits per heavy atom. The van der Waals surface area contributed by atoms with Crippen LogP contribution in [0.5, 0.6) is 5.75 Å². The second-order valence-electron chi connectivity index (χ2n) is 4.39. The molecule has 0 fully saturated rings. The fourth-order valence-corrected chi connectivity index (χ4v) is 1.91. The number of rotatable bonds is 6. The van der Waals surface area contributed by atoms with Gasteiger partial charge >= 0.3 is 0 Å². The Kier molecular flexibility index (Phi) is 5.36. The number of carbonyl (C=O) groups excluding carboxylic acids is 1. The molecule has 2 rings (SSSR count). The van der Waals surface area contributed by atoms with Crippen molar-refractivity contribution < 1.29 is 9.53 Å². The Balaban J connectivity index is 2.03. The zero-order chi connectivity index (χ0) is 14.9. The number of nitriles is 1. The lowest BCUT2D eigenvalue weighted by atomic mass is 10.2. The van der Waals surface area contributed by atoms with Gasteiger partial charge in [0.2, 0.25) is 0 Å². The molecule has 0 atom stereocenters. The maximum Gasteiger partial charge on any atom is 0.264 e. The van der Waals surface area contributed by atoms with Gasteiger partial charge in [0.1, 0.15) is 5.75 Å². The molecule has 4 heteroatoms. The molecule has 0 spiro atoms. The fraction of sp³-hybridized carbons (Fsp3) is 0.176. The first kappa shape index (κ1) is 14.6. The van der Waals surface area contributed by atoms with Crippen LogP contribution in [0.1, 0.15) is 6.42 Å². The van der Waals surface area contributed by atoms with Gasteiger partial charge in [-0.15, -0.1) is 0 Å². The van der Waals surface area contributed by atoms with E-state index in [1.165, 1.54) is 0 Å². The number of carbonyl (C=O) groups is 1. The van der Waals surface area contributed by atoms with E-state index >= 15 is 0 Å². The standard InChI is InChI=1S/C17H16N2O2/c18-12-7-13-19(15-8-3-1-4-9-15)17(20)14-21-16-10-5-2-6-11-16/h1-6,8-11H,7,13-14H2. The van der Waals surface area contributed by atoms with E-state index in [0.717, 1.165) is 5.69 Å². The summed E-state index contributed by atoms with van der Waals surface area (Å²) in [6, 6.07) is 20.6. The van der Waals surface area contributed by atoms with Gasteiger partial charge in [-0.2, -0.15) is 5.26 Å². The van der Waals surface area contributed by atoms with Crippen LogP contribution in [0.15, 0.2) is 60.7 Å². The summed E-state index contributed by atoms with van der Waals surface area (Å²) in [5.41, 5.74) is 0.773. The highest BCUT2D eigenvalue weighted by Crippen LogP contribution is 2.15. The first-order valence-corrected chi connectivity index (χ1v) is 6.71. The van der Waals surface area contributed by atoms with Crippen LogP contribution in [0.25, 0.3) is 0 Å². The third kappa shape index (κ3) is 4.36. The van der Waals surface area contributed by atoms with Gasteiger partial charge in [-0.3, -0.25) is 4.79 Å². The molecule has 1 amide bonds. The molecule has 0 aliphatic carbocycles. The van der Waals surface area contributed by atoms with E-state index in [9.17, 15) is 4.79 Å². The SMILES string of the molecule is N#CCCN(C(=O)COc1ccccc1)c1ccccc1. The highest BCUT2D eigenvalue weighted by Gasteiger charge is 2.15. The lowest BCUT2D eigenvalue weighted by Crippen LogP contribution is -2.35. The number of nitrogens with zero attached hydrogens (tertiary/aromatic N) is 2. The summed E-state index contributed by atoms with van der Waals surface area (Å²) in [6.45, 7) is 0.307. The second-order valence-corrected chi connectivity index (χ2v) is 4.39. The van der Waals surface area contributed by atoms with Crippen molar-refractivity contribution in [3.05, 3.63) is 60.7 Å². The largest absolute Gasteiger partial charge is 0.484 e. The van der Waals surface area contributed by atoms with Gasteiger partial charge in [0, 0.05) is 12.2 Å². The molecule has 0 heterocycles. The maximum atomic E-state index is 12.3. The van der Waals surface area contributed by atoms with Crippen molar-refractivity contribution >= 4 is 11.6 Å².